The Hall–Kier alpha value is -3.15. The van der Waals surface area contributed by atoms with Gasteiger partial charge in [0.05, 0.1) is 0 Å². The summed E-state index contributed by atoms with van der Waals surface area (Å²) in [6, 6.07) is 16.4. The maximum atomic E-state index is 12.6. The van der Waals surface area contributed by atoms with E-state index in [9.17, 15) is 14.4 Å². The van der Waals surface area contributed by atoms with Crippen molar-refractivity contribution in [1.29, 1.82) is 0 Å². The van der Waals surface area contributed by atoms with Crippen molar-refractivity contribution < 1.29 is 23.9 Å². The highest BCUT2D eigenvalue weighted by molar-refractivity contribution is 5.98. The lowest BCUT2D eigenvalue weighted by molar-refractivity contribution is -0.147. The van der Waals surface area contributed by atoms with Gasteiger partial charge in [-0.2, -0.15) is 0 Å². The summed E-state index contributed by atoms with van der Waals surface area (Å²) in [5.41, 5.74) is 2.69. The molecule has 0 spiro atoms. The number of ketones is 1. The van der Waals surface area contributed by atoms with Crippen LogP contribution < -0.4 is 0 Å². The monoisotopic (exact) mass is 449 g/mol. The lowest BCUT2D eigenvalue weighted by atomic mass is 9.84. The normalized spacial score (nSPS) is 18.7. The Kier molecular flexibility index (Phi) is 7.76. The highest BCUT2D eigenvalue weighted by Gasteiger charge is 2.36. The van der Waals surface area contributed by atoms with Gasteiger partial charge in [0, 0.05) is 12.1 Å². The van der Waals surface area contributed by atoms with Crippen LogP contribution in [0.2, 0.25) is 0 Å². The molecule has 0 N–H and O–H groups in total. The summed E-state index contributed by atoms with van der Waals surface area (Å²) >= 11 is 0. The largest absolute Gasteiger partial charge is 0.456 e. The van der Waals surface area contributed by atoms with Crippen molar-refractivity contribution in [2.24, 2.45) is 0 Å². The molecule has 0 radical (unpaired) electrons. The topological polar surface area (TPSA) is 72.9 Å². The Bertz CT molecular complexity index is 950. The molecule has 174 valence electrons. The molecule has 1 aliphatic heterocycles. The number of Topliss-reactive ketones (excluding diaryl/α,β-unsaturated/α-hetero) is 1. The number of rotatable bonds is 7. The molecule has 1 saturated carbocycles. The van der Waals surface area contributed by atoms with Crippen LogP contribution in [-0.4, -0.2) is 41.9 Å². The van der Waals surface area contributed by atoms with E-state index in [1.54, 1.807) is 0 Å². The Labute approximate surface area is 194 Å². The maximum absolute atomic E-state index is 12.6. The average molecular weight is 450 g/mol. The number of ether oxygens (including phenoxy) is 2. The van der Waals surface area contributed by atoms with E-state index >= 15 is 0 Å². The summed E-state index contributed by atoms with van der Waals surface area (Å²) in [5.74, 6) is -0.221. The van der Waals surface area contributed by atoms with Crippen LogP contribution in [-0.2, 0) is 20.9 Å². The lowest BCUT2D eigenvalue weighted by Gasteiger charge is -2.22. The zero-order valence-electron chi connectivity index (χ0n) is 18.9. The molecular weight excluding hydrogens is 418 g/mol. The number of amides is 1. The van der Waals surface area contributed by atoms with E-state index in [0.717, 1.165) is 5.56 Å². The van der Waals surface area contributed by atoms with Crippen LogP contribution in [0.15, 0.2) is 54.6 Å². The van der Waals surface area contributed by atoms with Gasteiger partial charge in [0.15, 0.2) is 12.4 Å². The molecule has 0 bridgehead atoms. The van der Waals surface area contributed by atoms with Crippen molar-refractivity contribution in [3.8, 4) is 0 Å². The number of esters is 1. The number of carbonyl (C=O) groups excluding carboxylic acids is 3. The second-order valence-electron chi connectivity index (χ2n) is 8.88. The Morgan fingerprint density at radius 1 is 0.818 bits per heavy atom. The van der Waals surface area contributed by atoms with Gasteiger partial charge in [-0.15, -0.1) is 0 Å². The van der Waals surface area contributed by atoms with Gasteiger partial charge in [-0.25, -0.2) is 9.59 Å². The molecule has 4 rings (SSSR count). The predicted molar refractivity (Wildman–Crippen MR) is 124 cm³/mol. The number of nitrogens with zero attached hydrogens (tertiary/aromatic N) is 1. The highest BCUT2D eigenvalue weighted by atomic mass is 16.6. The van der Waals surface area contributed by atoms with Gasteiger partial charge in [-0.1, -0.05) is 73.9 Å². The van der Waals surface area contributed by atoms with E-state index in [-0.39, 0.29) is 19.0 Å². The van der Waals surface area contributed by atoms with Crippen LogP contribution in [0.5, 0.6) is 0 Å². The van der Waals surface area contributed by atoms with Gasteiger partial charge in [0.1, 0.15) is 12.6 Å². The van der Waals surface area contributed by atoms with Crippen molar-refractivity contribution in [1.82, 2.24) is 4.90 Å². The maximum Gasteiger partial charge on any atom is 0.410 e. The van der Waals surface area contributed by atoms with E-state index in [0.29, 0.717) is 30.9 Å². The third-order valence-electron chi connectivity index (χ3n) is 6.62. The molecule has 2 fully saturated rings. The number of hydrogen-bond acceptors (Lipinski definition) is 5. The first-order valence-corrected chi connectivity index (χ1v) is 11.9. The molecule has 2 aromatic carbocycles. The quantitative estimate of drug-likeness (QED) is 0.426. The molecule has 1 saturated heterocycles. The van der Waals surface area contributed by atoms with E-state index in [1.807, 2.05) is 54.6 Å². The zero-order chi connectivity index (χ0) is 23.0. The molecule has 6 heteroatoms. The van der Waals surface area contributed by atoms with Crippen LogP contribution in [0.3, 0.4) is 0 Å². The fourth-order valence-electron chi connectivity index (χ4n) is 4.73. The molecule has 0 unspecified atom stereocenters. The summed E-state index contributed by atoms with van der Waals surface area (Å²) in [5, 5.41) is 0. The van der Waals surface area contributed by atoms with Crippen molar-refractivity contribution in [3.05, 3.63) is 71.3 Å². The van der Waals surface area contributed by atoms with Crippen LogP contribution in [0, 0.1) is 0 Å². The molecule has 2 aromatic rings. The zero-order valence-corrected chi connectivity index (χ0v) is 18.9. The van der Waals surface area contributed by atoms with Gasteiger partial charge in [0.25, 0.3) is 0 Å². The number of benzene rings is 2. The molecule has 1 atom stereocenters. The van der Waals surface area contributed by atoms with Crippen molar-refractivity contribution in [2.75, 3.05) is 13.2 Å². The van der Waals surface area contributed by atoms with E-state index < -0.39 is 18.1 Å². The molecule has 0 aromatic heterocycles. The first-order valence-electron chi connectivity index (χ1n) is 11.9. The number of hydrogen-bond donors (Lipinski definition) is 0. The van der Waals surface area contributed by atoms with Gasteiger partial charge in [-0.3, -0.25) is 9.69 Å². The third-order valence-corrected chi connectivity index (χ3v) is 6.62. The smallest absolute Gasteiger partial charge is 0.410 e. The van der Waals surface area contributed by atoms with E-state index in [1.165, 1.54) is 42.6 Å². The van der Waals surface area contributed by atoms with Crippen molar-refractivity contribution in [2.45, 2.75) is 63.5 Å². The van der Waals surface area contributed by atoms with Crippen molar-refractivity contribution >= 4 is 17.8 Å². The minimum absolute atomic E-state index is 0.146. The molecule has 1 aliphatic carbocycles. The molecule has 1 heterocycles. The third kappa shape index (κ3) is 6.01. The van der Waals surface area contributed by atoms with Crippen LogP contribution in [0.1, 0.15) is 72.3 Å². The fraction of sp³-hybridized carbons (Fsp3) is 0.444. The summed E-state index contributed by atoms with van der Waals surface area (Å²) in [6.07, 6.45) is 6.90. The van der Waals surface area contributed by atoms with Crippen LogP contribution >= 0.6 is 0 Å². The summed E-state index contributed by atoms with van der Waals surface area (Å²) in [4.78, 5) is 39.0. The predicted octanol–water partition coefficient (Wildman–Crippen LogP) is 5.26. The molecule has 6 nitrogen and oxygen atoms in total. The Balaban J connectivity index is 1.26. The number of likely N-dealkylation sites (tertiary alicyclic amines) is 1. The summed E-state index contributed by atoms with van der Waals surface area (Å²) in [6.45, 7) is 0.252. The Morgan fingerprint density at radius 2 is 1.55 bits per heavy atom. The average Bonchev–Trinajstić information content (AvgIpc) is 3.37. The van der Waals surface area contributed by atoms with Crippen LogP contribution in [0.25, 0.3) is 0 Å². The second-order valence-corrected chi connectivity index (χ2v) is 8.88. The molecule has 1 amide bonds. The highest BCUT2D eigenvalue weighted by Crippen LogP contribution is 2.32. The first kappa shape index (κ1) is 23.0. The van der Waals surface area contributed by atoms with Gasteiger partial charge in [-0.05, 0) is 42.7 Å². The van der Waals surface area contributed by atoms with Crippen molar-refractivity contribution in [3.63, 3.8) is 0 Å². The van der Waals surface area contributed by atoms with Gasteiger partial charge >= 0.3 is 12.1 Å². The number of carbonyl (C=O) groups is 3. The molecule has 2 aliphatic rings. The SMILES string of the molecule is O=C(COC(=O)[C@@H]1CCCN1C(=O)OCc1ccccc1)c1ccc(C2CCCCC2)cc1. The van der Waals surface area contributed by atoms with E-state index in [4.69, 9.17) is 9.47 Å². The minimum atomic E-state index is -0.713. The van der Waals surface area contributed by atoms with Gasteiger partial charge in [0.2, 0.25) is 0 Å². The summed E-state index contributed by atoms with van der Waals surface area (Å²) in [7, 11) is 0. The van der Waals surface area contributed by atoms with Crippen LogP contribution in [0.4, 0.5) is 4.79 Å². The fourth-order valence-corrected chi connectivity index (χ4v) is 4.73. The second kappa shape index (κ2) is 11.1. The lowest BCUT2D eigenvalue weighted by Crippen LogP contribution is -2.42. The Morgan fingerprint density at radius 3 is 2.27 bits per heavy atom. The standard InChI is InChI=1S/C27H31NO5/c29-25(23-15-13-22(14-16-23)21-10-5-2-6-11-21)19-32-26(30)24-12-7-17-28(24)27(31)33-18-20-8-3-1-4-9-20/h1,3-4,8-9,13-16,21,24H,2,5-7,10-12,17-19H2/t24-/m0/s1. The minimum Gasteiger partial charge on any atom is -0.456 e. The molecule has 33 heavy (non-hydrogen) atoms. The van der Waals surface area contributed by atoms with E-state index in [2.05, 4.69) is 0 Å². The molecular formula is C27H31NO5. The van der Waals surface area contributed by atoms with Gasteiger partial charge < -0.3 is 9.47 Å². The first-order chi connectivity index (χ1) is 16.1. The summed E-state index contributed by atoms with van der Waals surface area (Å²) < 4.78 is 10.7.